The minimum atomic E-state index is -1.52. The zero-order chi connectivity index (χ0) is 25.4. The van der Waals surface area contributed by atoms with Crippen molar-refractivity contribution < 1.29 is 27.4 Å². The maximum atomic E-state index is 14.7. The Morgan fingerprint density at radius 1 is 1.03 bits per heavy atom. The quantitative estimate of drug-likeness (QED) is 0.263. The fraction of sp³-hybridized carbons (Fsp3) is 0.238. The lowest BCUT2D eigenvalue weighted by molar-refractivity contribution is 0.253. The summed E-state index contributed by atoms with van der Waals surface area (Å²) < 4.78 is 54.5. The SMILES string of the molecule is COc1c(F)c(F)c(-c2nc(NC(=O)NNc3cc(C)c4c(C)nn(C)c4n3)cs2)c(OC)c1F. The van der Waals surface area contributed by atoms with Gasteiger partial charge in [0.25, 0.3) is 0 Å². The number of benzene rings is 1. The number of ether oxygens (including phenoxy) is 2. The minimum Gasteiger partial charge on any atom is -0.493 e. The summed E-state index contributed by atoms with van der Waals surface area (Å²) in [5.41, 5.74) is 6.99. The number of pyridine rings is 1. The molecule has 0 aliphatic heterocycles. The van der Waals surface area contributed by atoms with E-state index in [0.717, 1.165) is 42.2 Å². The highest BCUT2D eigenvalue weighted by Crippen LogP contribution is 2.43. The molecule has 14 heteroatoms. The van der Waals surface area contributed by atoms with Crippen molar-refractivity contribution >= 4 is 40.0 Å². The number of anilines is 2. The van der Waals surface area contributed by atoms with Crippen LogP contribution >= 0.6 is 11.3 Å². The number of hydrazine groups is 1. The highest BCUT2D eigenvalue weighted by Gasteiger charge is 2.29. The molecule has 3 N–H and O–H groups in total. The lowest BCUT2D eigenvalue weighted by Crippen LogP contribution is -2.34. The van der Waals surface area contributed by atoms with E-state index in [2.05, 4.69) is 36.0 Å². The van der Waals surface area contributed by atoms with Crippen molar-refractivity contribution in [2.75, 3.05) is 25.0 Å². The number of methoxy groups -OCH3 is 2. The van der Waals surface area contributed by atoms with E-state index in [4.69, 9.17) is 4.74 Å². The van der Waals surface area contributed by atoms with Gasteiger partial charge in [0.15, 0.2) is 23.0 Å². The average Bonchev–Trinajstić information content (AvgIpc) is 3.38. The number of urea groups is 1. The number of hydrogen-bond acceptors (Lipinski definition) is 8. The Hall–Kier alpha value is -4.07. The van der Waals surface area contributed by atoms with Crippen LogP contribution in [0.2, 0.25) is 0 Å². The van der Waals surface area contributed by atoms with E-state index in [0.29, 0.717) is 11.5 Å². The lowest BCUT2D eigenvalue weighted by atomic mass is 10.1. The van der Waals surface area contributed by atoms with E-state index in [1.54, 1.807) is 17.8 Å². The largest absolute Gasteiger partial charge is 0.493 e. The van der Waals surface area contributed by atoms with Crippen LogP contribution in [0.4, 0.5) is 29.6 Å². The molecular formula is C21H20F3N7O3S. The molecule has 10 nitrogen and oxygen atoms in total. The molecule has 3 aromatic heterocycles. The molecule has 0 fully saturated rings. The molecule has 4 rings (SSSR count). The molecule has 0 bridgehead atoms. The van der Waals surface area contributed by atoms with Crippen molar-refractivity contribution in [2.24, 2.45) is 7.05 Å². The van der Waals surface area contributed by atoms with E-state index in [1.165, 1.54) is 5.38 Å². The molecule has 3 heterocycles. The molecule has 2 amide bonds. The van der Waals surface area contributed by atoms with Crippen LogP contribution in [-0.4, -0.2) is 40.0 Å². The lowest BCUT2D eigenvalue weighted by Gasteiger charge is -2.13. The van der Waals surface area contributed by atoms with Gasteiger partial charge in [-0.05, 0) is 25.5 Å². The van der Waals surface area contributed by atoms with Crippen LogP contribution in [0.3, 0.4) is 0 Å². The van der Waals surface area contributed by atoms with Crippen LogP contribution in [0.25, 0.3) is 21.6 Å². The van der Waals surface area contributed by atoms with Crippen LogP contribution < -0.4 is 25.6 Å². The van der Waals surface area contributed by atoms with Gasteiger partial charge < -0.3 is 9.47 Å². The zero-order valence-electron chi connectivity index (χ0n) is 19.2. The number of hydrogen-bond donors (Lipinski definition) is 3. The van der Waals surface area contributed by atoms with Gasteiger partial charge in [0.2, 0.25) is 11.6 Å². The van der Waals surface area contributed by atoms with E-state index >= 15 is 0 Å². The van der Waals surface area contributed by atoms with Crippen molar-refractivity contribution in [1.29, 1.82) is 0 Å². The molecular weight excluding hydrogens is 487 g/mol. The number of fused-ring (bicyclic) bond motifs is 1. The number of aromatic nitrogens is 4. The molecule has 0 saturated heterocycles. The van der Waals surface area contributed by atoms with E-state index in [1.807, 2.05) is 13.8 Å². The van der Waals surface area contributed by atoms with Gasteiger partial charge >= 0.3 is 6.03 Å². The van der Waals surface area contributed by atoms with Crippen LogP contribution in [0, 0.1) is 31.3 Å². The first-order valence-corrected chi connectivity index (χ1v) is 10.9. The number of thiazole rings is 1. The number of aryl methyl sites for hydroxylation is 3. The van der Waals surface area contributed by atoms with Gasteiger partial charge in [-0.2, -0.15) is 13.9 Å². The molecule has 0 atom stereocenters. The first kappa shape index (κ1) is 24.1. The molecule has 1 aromatic carbocycles. The molecule has 0 spiro atoms. The summed E-state index contributed by atoms with van der Waals surface area (Å²) in [6.45, 7) is 3.78. The Bertz CT molecular complexity index is 1450. The van der Waals surface area contributed by atoms with E-state index in [9.17, 15) is 18.0 Å². The monoisotopic (exact) mass is 507 g/mol. The summed E-state index contributed by atoms with van der Waals surface area (Å²) >= 11 is 0.851. The molecule has 4 aromatic rings. The average molecular weight is 507 g/mol. The number of carbonyl (C=O) groups excluding carboxylic acids is 1. The summed E-state index contributed by atoms with van der Waals surface area (Å²) in [7, 11) is 3.87. The van der Waals surface area contributed by atoms with Crippen LogP contribution in [0.5, 0.6) is 11.5 Å². The normalized spacial score (nSPS) is 11.0. The standard InChI is InChI=1S/C21H20F3N7O3S/c1-8-6-10(25-19-12(8)9(2)30-31(19)3)28-29-21(32)27-11-7-35-20(26-11)13-14(22)15(23)18(34-5)16(24)17(13)33-4/h6-7H,1-5H3,(H,25,28)(H2,27,29,32). The first-order chi connectivity index (χ1) is 16.7. The summed E-state index contributed by atoms with van der Waals surface area (Å²) in [4.78, 5) is 20.8. The molecule has 0 saturated carbocycles. The number of amides is 2. The summed E-state index contributed by atoms with van der Waals surface area (Å²) in [5.74, 6) is -5.21. The molecule has 35 heavy (non-hydrogen) atoms. The van der Waals surface area contributed by atoms with Crippen molar-refractivity contribution in [1.82, 2.24) is 25.2 Å². The molecule has 0 aliphatic rings. The van der Waals surface area contributed by atoms with Crippen molar-refractivity contribution in [2.45, 2.75) is 13.8 Å². The van der Waals surface area contributed by atoms with Crippen LogP contribution in [-0.2, 0) is 7.05 Å². The Balaban J connectivity index is 1.51. The number of carbonyl (C=O) groups is 1. The van der Waals surface area contributed by atoms with Crippen molar-refractivity contribution in [3.63, 3.8) is 0 Å². The topological polar surface area (TPSA) is 115 Å². The Morgan fingerprint density at radius 3 is 2.43 bits per heavy atom. The Morgan fingerprint density at radius 2 is 1.74 bits per heavy atom. The smallest absolute Gasteiger partial charge is 0.339 e. The van der Waals surface area contributed by atoms with Gasteiger partial charge in [-0.25, -0.2) is 24.6 Å². The summed E-state index contributed by atoms with van der Waals surface area (Å²) in [5, 5.41) is 8.97. The fourth-order valence-corrected chi connectivity index (χ4v) is 4.40. The highest BCUT2D eigenvalue weighted by molar-refractivity contribution is 7.13. The maximum Gasteiger partial charge on any atom is 0.339 e. The number of nitrogens with one attached hydrogen (secondary N) is 3. The second-order valence-corrected chi connectivity index (χ2v) is 8.22. The second kappa shape index (κ2) is 9.29. The van der Waals surface area contributed by atoms with Gasteiger partial charge in [-0.15, -0.1) is 11.3 Å². The maximum absolute atomic E-state index is 14.7. The summed E-state index contributed by atoms with van der Waals surface area (Å²) in [6, 6.07) is 1.04. The minimum absolute atomic E-state index is 0.0178. The van der Waals surface area contributed by atoms with Gasteiger partial charge in [0.1, 0.15) is 16.6 Å². The predicted octanol–water partition coefficient (Wildman–Crippen LogP) is 4.29. The Labute approximate surface area is 201 Å². The fourth-order valence-electron chi connectivity index (χ4n) is 3.62. The predicted molar refractivity (Wildman–Crippen MR) is 124 cm³/mol. The third-order valence-electron chi connectivity index (χ3n) is 5.08. The summed E-state index contributed by atoms with van der Waals surface area (Å²) in [6.07, 6.45) is 0. The third kappa shape index (κ3) is 4.27. The van der Waals surface area contributed by atoms with E-state index in [-0.39, 0.29) is 10.8 Å². The van der Waals surface area contributed by atoms with Gasteiger partial charge in [-0.3, -0.25) is 15.4 Å². The number of rotatable bonds is 6. The van der Waals surface area contributed by atoms with Gasteiger partial charge in [0, 0.05) is 17.8 Å². The van der Waals surface area contributed by atoms with E-state index < -0.39 is 40.5 Å². The molecule has 0 radical (unpaired) electrons. The number of halogens is 3. The van der Waals surface area contributed by atoms with Crippen molar-refractivity contribution in [3.8, 4) is 22.1 Å². The molecule has 184 valence electrons. The second-order valence-electron chi connectivity index (χ2n) is 7.36. The van der Waals surface area contributed by atoms with Crippen LogP contribution in [0.15, 0.2) is 11.4 Å². The van der Waals surface area contributed by atoms with Crippen LogP contribution in [0.1, 0.15) is 11.3 Å². The highest BCUT2D eigenvalue weighted by atomic mass is 32.1. The van der Waals surface area contributed by atoms with Crippen molar-refractivity contribution in [3.05, 3.63) is 40.2 Å². The van der Waals surface area contributed by atoms with Gasteiger partial charge in [-0.1, -0.05) is 0 Å². The molecule has 0 aliphatic carbocycles. The number of nitrogens with zero attached hydrogens (tertiary/aromatic N) is 4. The molecule has 0 unspecified atom stereocenters. The zero-order valence-corrected chi connectivity index (χ0v) is 20.0. The van der Waals surface area contributed by atoms with Gasteiger partial charge in [0.05, 0.1) is 25.5 Å². The Kier molecular flexibility index (Phi) is 6.39. The third-order valence-corrected chi connectivity index (χ3v) is 5.93. The first-order valence-electron chi connectivity index (χ1n) is 10.0.